The molecule has 1 amide bonds. The number of nitriles is 1. The Labute approximate surface area is 77.2 Å². The zero-order valence-electron chi connectivity index (χ0n) is 7.18. The molecule has 0 aromatic heterocycles. The summed E-state index contributed by atoms with van der Waals surface area (Å²) in [7, 11) is 0. The van der Waals surface area contributed by atoms with Gasteiger partial charge in [0, 0.05) is 6.54 Å². The van der Waals surface area contributed by atoms with Gasteiger partial charge in [0.2, 0.25) is 6.41 Å². The van der Waals surface area contributed by atoms with Gasteiger partial charge in [-0.15, -0.1) is 0 Å². The number of carbonyl (C=O) groups excluding carboxylic acids is 1. The summed E-state index contributed by atoms with van der Waals surface area (Å²) < 4.78 is 0. The van der Waals surface area contributed by atoms with Crippen LogP contribution in [-0.2, 0) is 11.3 Å². The Morgan fingerprint density at radius 3 is 2.62 bits per heavy atom. The van der Waals surface area contributed by atoms with Gasteiger partial charge in [-0.25, -0.2) is 0 Å². The second-order valence-corrected chi connectivity index (χ2v) is 2.65. The number of hydrogen-bond acceptors (Lipinski definition) is 2. The van der Waals surface area contributed by atoms with Crippen LogP contribution in [0.1, 0.15) is 5.56 Å². The van der Waals surface area contributed by atoms with E-state index in [9.17, 15) is 4.79 Å². The van der Waals surface area contributed by atoms with Crippen molar-refractivity contribution in [1.29, 1.82) is 5.26 Å². The number of amides is 1. The third-order valence-electron chi connectivity index (χ3n) is 1.65. The smallest absolute Gasteiger partial charge is 0.210 e. The van der Waals surface area contributed by atoms with Crippen LogP contribution in [0.15, 0.2) is 30.3 Å². The lowest BCUT2D eigenvalue weighted by atomic mass is 10.2. The van der Waals surface area contributed by atoms with Crippen LogP contribution >= 0.6 is 0 Å². The molecule has 0 atom stereocenters. The zero-order chi connectivity index (χ0) is 9.52. The van der Waals surface area contributed by atoms with Crippen LogP contribution in [0.5, 0.6) is 0 Å². The summed E-state index contributed by atoms with van der Waals surface area (Å²) in [6, 6.07) is 11.5. The highest BCUT2D eigenvalue weighted by Gasteiger charge is 2.00. The topological polar surface area (TPSA) is 44.1 Å². The maximum atomic E-state index is 10.5. The molecule has 0 unspecified atom stereocenters. The van der Waals surface area contributed by atoms with Gasteiger partial charge in [-0.05, 0) is 5.56 Å². The molecule has 0 aliphatic carbocycles. The molecule has 0 radical (unpaired) electrons. The quantitative estimate of drug-likeness (QED) is 0.508. The lowest BCUT2D eigenvalue weighted by molar-refractivity contribution is -0.118. The average Bonchev–Trinajstić information content (AvgIpc) is 2.19. The van der Waals surface area contributed by atoms with Gasteiger partial charge >= 0.3 is 0 Å². The number of rotatable bonds is 4. The second kappa shape index (κ2) is 4.94. The lowest BCUT2D eigenvalue weighted by Gasteiger charge is -2.12. The van der Waals surface area contributed by atoms with Crippen molar-refractivity contribution in [3.63, 3.8) is 0 Å². The highest BCUT2D eigenvalue weighted by atomic mass is 16.1. The lowest BCUT2D eigenvalue weighted by Crippen LogP contribution is -2.21. The Bertz CT molecular complexity index is 302. The van der Waals surface area contributed by atoms with Gasteiger partial charge < -0.3 is 4.90 Å². The third-order valence-corrected chi connectivity index (χ3v) is 1.65. The largest absolute Gasteiger partial charge is 0.328 e. The summed E-state index contributed by atoms with van der Waals surface area (Å²) in [4.78, 5) is 11.9. The first kappa shape index (κ1) is 9.27. The van der Waals surface area contributed by atoms with E-state index < -0.39 is 0 Å². The third kappa shape index (κ3) is 2.96. The van der Waals surface area contributed by atoms with Crippen LogP contribution in [0.3, 0.4) is 0 Å². The fourth-order valence-electron chi connectivity index (χ4n) is 1.04. The minimum atomic E-state index is 0.137. The first-order chi connectivity index (χ1) is 6.36. The molecule has 3 nitrogen and oxygen atoms in total. The fraction of sp³-hybridized carbons (Fsp3) is 0.200. The molecular weight excluding hydrogens is 164 g/mol. The Kier molecular flexibility index (Phi) is 3.52. The molecule has 0 N–H and O–H groups in total. The highest BCUT2D eigenvalue weighted by Crippen LogP contribution is 2.01. The first-order valence-electron chi connectivity index (χ1n) is 3.97. The molecule has 1 aromatic carbocycles. The summed E-state index contributed by atoms with van der Waals surface area (Å²) in [6.07, 6.45) is 0.691. The van der Waals surface area contributed by atoms with E-state index in [2.05, 4.69) is 0 Å². The molecule has 0 saturated carbocycles. The van der Waals surface area contributed by atoms with Gasteiger partial charge in [-0.1, -0.05) is 30.3 Å². The maximum absolute atomic E-state index is 10.5. The van der Waals surface area contributed by atoms with Gasteiger partial charge in [-0.3, -0.25) is 4.79 Å². The van der Waals surface area contributed by atoms with Crippen molar-refractivity contribution in [2.75, 3.05) is 6.54 Å². The van der Waals surface area contributed by atoms with E-state index >= 15 is 0 Å². The van der Waals surface area contributed by atoms with Crippen molar-refractivity contribution in [3.05, 3.63) is 35.9 Å². The Hall–Kier alpha value is -1.82. The molecule has 0 fully saturated rings. The normalized spacial score (nSPS) is 8.85. The molecule has 13 heavy (non-hydrogen) atoms. The van der Waals surface area contributed by atoms with Crippen molar-refractivity contribution in [3.8, 4) is 6.07 Å². The van der Waals surface area contributed by atoms with E-state index in [-0.39, 0.29) is 6.54 Å². The van der Waals surface area contributed by atoms with Crippen LogP contribution in [0, 0.1) is 11.3 Å². The number of nitrogens with zero attached hydrogens (tertiary/aromatic N) is 2. The van der Waals surface area contributed by atoms with E-state index in [0.29, 0.717) is 13.0 Å². The molecule has 0 aliphatic rings. The van der Waals surface area contributed by atoms with Crippen molar-refractivity contribution in [2.45, 2.75) is 6.54 Å². The molecular formula is C10H10N2O. The van der Waals surface area contributed by atoms with E-state index in [4.69, 9.17) is 5.26 Å². The summed E-state index contributed by atoms with van der Waals surface area (Å²) in [5.41, 5.74) is 1.03. The van der Waals surface area contributed by atoms with Crippen LogP contribution in [0.25, 0.3) is 0 Å². The van der Waals surface area contributed by atoms with Gasteiger partial charge in [0.15, 0.2) is 0 Å². The molecule has 66 valence electrons. The van der Waals surface area contributed by atoms with Crippen molar-refractivity contribution < 1.29 is 4.79 Å². The molecule has 1 rings (SSSR count). The molecule has 0 saturated heterocycles. The Balaban J connectivity index is 2.57. The molecule has 0 aliphatic heterocycles. The Morgan fingerprint density at radius 1 is 1.38 bits per heavy atom. The molecule has 0 heterocycles. The SMILES string of the molecule is N#CCN(C=O)Cc1ccccc1. The number of benzene rings is 1. The summed E-state index contributed by atoms with van der Waals surface area (Å²) in [6.45, 7) is 0.635. The minimum Gasteiger partial charge on any atom is -0.328 e. The molecule has 0 spiro atoms. The fourth-order valence-corrected chi connectivity index (χ4v) is 1.04. The van der Waals surface area contributed by atoms with Gasteiger partial charge in [-0.2, -0.15) is 5.26 Å². The van der Waals surface area contributed by atoms with Crippen LogP contribution in [0.4, 0.5) is 0 Å². The van der Waals surface area contributed by atoms with Gasteiger partial charge in [0.25, 0.3) is 0 Å². The number of carbonyl (C=O) groups is 1. The van der Waals surface area contributed by atoms with Gasteiger partial charge in [0.05, 0.1) is 6.07 Å². The van der Waals surface area contributed by atoms with Crippen molar-refractivity contribution >= 4 is 6.41 Å². The van der Waals surface area contributed by atoms with Crippen molar-refractivity contribution in [1.82, 2.24) is 4.90 Å². The minimum absolute atomic E-state index is 0.137. The van der Waals surface area contributed by atoms with E-state index in [0.717, 1.165) is 5.56 Å². The van der Waals surface area contributed by atoms with E-state index in [1.807, 2.05) is 36.4 Å². The van der Waals surface area contributed by atoms with E-state index in [1.165, 1.54) is 4.90 Å². The zero-order valence-corrected chi connectivity index (χ0v) is 7.18. The van der Waals surface area contributed by atoms with Gasteiger partial charge in [0.1, 0.15) is 6.54 Å². The first-order valence-corrected chi connectivity index (χ1v) is 3.97. The summed E-state index contributed by atoms with van der Waals surface area (Å²) >= 11 is 0. The van der Waals surface area contributed by atoms with Crippen molar-refractivity contribution in [2.24, 2.45) is 0 Å². The highest BCUT2D eigenvalue weighted by molar-refractivity contribution is 5.47. The Morgan fingerprint density at radius 2 is 2.08 bits per heavy atom. The summed E-state index contributed by atoms with van der Waals surface area (Å²) in [5.74, 6) is 0. The second-order valence-electron chi connectivity index (χ2n) is 2.65. The molecule has 3 heteroatoms. The van der Waals surface area contributed by atoms with Crippen LogP contribution in [-0.4, -0.2) is 17.9 Å². The summed E-state index contributed by atoms with van der Waals surface area (Å²) in [5, 5.41) is 8.40. The van der Waals surface area contributed by atoms with E-state index in [1.54, 1.807) is 0 Å². The standard InChI is InChI=1S/C10H10N2O/c11-6-7-12(9-13)8-10-4-2-1-3-5-10/h1-5,9H,7-8H2. The number of hydrogen-bond donors (Lipinski definition) is 0. The maximum Gasteiger partial charge on any atom is 0.210 e. The average molecular weight is 174 g/mol. The molecule has 1 aromatic rings. The predicted molar refractivity (Wildman–Crippen MR) is 48.5 cm³/mol. The monoisotopic (exact) mass is 174 g/mol. The molecule has 0 bridgehead atoms. The predicted octanol–water partition coefficient (Wildman–Crippen LogP) is 1.17. The van der Waals surface area contributed by atoms with Crippen LogP contribution < -0.4 is 0 Å². The van der Waals surface area contributed by atoms with Crippen LogP contribution in [0.2, 0.25) is 0 Å².